The van der Waals surface area contributed by atoms with Crippen molar-refractivity contribution in [3.8, 4) is 11.7 Å². The van der Waals surface area contributed by atoms with Gasteiger partial charge in [0, 0.05) is 12.3 Å². The lowest BCUT2D eigenvalue weighted by atomic mass is 11.2. The lowest BCUT2D eigenvalue weighted by Crippen LogP contribution is -3.16. The lowest BCUT2D eigenvalue weighted by molar-refractivity contribution is -0.757. The van der Waals surface area contributed by atoms with E-state index in [2.05, 4.69) is 17.3 Å². The molecule has 0 saturated carbocycles. The molecule has 0 aromatic rings. The molecule has 0 aromatic carbocycles. The first-order chi connectivity index (χ1) is 4.95. The molecule has 6 nitrogen and oxygen atoms in total. The summed E-state index contributed by atoms with van der Waals surface area (Å²) in [6.07, 6.45) is 4.59. The van der Waals surface area contributed by atoms with Crippen molar-refractivity contribution < 1.29 is 13.6 Å². The molecule has 0 aromatic heterocycles. The van der Waals surface area contributed by atoms with Crippen molar-refractivity contribution in [3.05, 3.63) is 5.21 Å². The number of nitrogens with two attached hydrogens (primary N) is 1. The highest BCUT2D eigenvalue weighted by Crippen LogP contribution is 1.83. The summed E-state index contributed by atoms with van der Waals surface area (Å²) in [7, 11) is -2.89. The predicted molar refractivity (Wildman–Crippen MR) is 39.6 cm³/mol. The normalized spacial score (nSPS) is 15.6. The van der Waals surface area contributed by atoms with Gasteiger partial charge in [-0.05, 0) is 0 Å². The molecular formula is C4H7N3O3S. The third-order valence-electron chi connectivity index (χ3n) is 0.824. The Labute approximate surface area is 64.2 Å². The van der Waals surface area contributed by atoms with Crippen molar-refractivity contribution in [1.29, 1.82) is 0 Å². The van der Waals surface area contributed by atoms with Crippen LogP contribution in [0, 0.1) is 16.9 Å². The first-order valence-electron chi connectivity index (χ1n) is 2.44. The summed E-state index contributed by atoms with van der Waals surface area (Å²) in [5, 5.41) is 9.83. The first kappa shape index (κ1) is 10.1. The summed E-state index contributed by atoms with van der Waals surface area (Å²) in [5.41, 5.74) is 0. The Kier molecular flexibility index (Phi) is 3.16. The number of quaternary nitrogens is 1. The van der Waals surface area contributed by atoms with Gasteiger partial charge >= 0.3 is 15.0 Å². The van der Waals surface area contributed by atoms with E-state index < -0.39 is 20.2 Å². The minimum absolute atomic E-state index is 0.792. The van der Waals surface area contributed by atoms with Crippen molar-refractivity contribution in [2.45, 2.75) is 0 Å². The standard InChI is InChI=1S/C4H7N3O3S/c1-3-11(9,10)4(6-2)7(5)8/h1,7H,5H2,2H3. The number of sulfone groups is 1. The van der Waals surface area contributed by atoms with Gasteiger partial charge in [-0.25, -0.2) is 18.6 Å². The highest BCUT2D eigenvalue weighted by atomic mass is 32.2. The molecule has 0 spiro atoms. The van der Waals surface area contributed by atoms with Gasteiger partial charge in [-0.1, -0.05) is 0 Å². The molecule has 1 atom stereocenters. The second-order valence-corrected chi connectivity index (χ2v) is 3.14. The molecule has 0 heterocycles. The van der Waals surface area contributed by atoms with Gasteiger partial charge in [0.05, 0.1) is 0 Å². The van der Waals surface area contributed by atoms with Crippen LogP contribution < -0.4 is 11.0 Å². The summed E-state index contributed by atoms with van der Waals surface area (Å²) < 4.78 is 21.4. The van der Waals surface area contributed by atoms with E-state index in [1.807, 2.05) is 0 Å². The maximum atomic E-state index is 10.7. The number of rotatable bonds is 0. The van der Waals surface area contributed by atoms with E-state index in [4.69, 9.17) is 0 Å². The van der Waals surface area contributed by atoms with Crippen molar-refractivity contribution in [2.24, 2.45) is 10.8 Å². The number of hydrogen-bond acceptors (Lipinski definition) is 5. The molecule has 11 heavy (non-hydrogen) atoms. The Morgan fingerprint density at radius 1 is 1.82 bits per heavy atom. The van der Waals surface area contributed by atoms with E-state index in [-0.39, 0.29) is 0 Å². The quantitative estimate of drug-likeness (QED) is 0.104. The number of terminal acetylenes is 1. The molecule has 62 valence electrons. The van der Waals surface area contributed by atoms with E-state index in [1.54, 1.807) is 0 Å². The Bertz CT molecular complexity index is 297. The minimum Gasteiger partial charge on any atom is -0.606 e. The summed E-state index contributed by atoms with van der Waals surface area (Å²) in [6, 6.07) is 0. The molecule has 0 aliphatic carbocycles. The minimum atomic E-state index is -4.01. The topological polar surface area (TPSA) is 100 Å². The molecule has 0 rings (SSSR count). The van der Waals surface area contributed by atoms with E-state index in [0.717, 1.165) is 7.05 Å². The number of amidine groups is 1. The molecule has 0 radical (unpaired) electrons. The molecule has 0 aliphatic heterocycles. The Hall–Kier alpha value is -0.940. The van der Waals surface area contributed by atoms with Crippen LogP contribution in [-0.4, -0.2) is 20.6 Å². The largest absolute Gasteiger partial charge is 0.606 e. The highest BCUT2D eigenvalue weighted by Gasteiger charge is 2.21. The summed E-state index contributed by atoms with van der Waals surface area (Å²) in [4.78, 5) is 3.14. The van der Waals surface area contributed by atoms with Crippen LogP contribution in [0.3, 0.4) is 0 Å². The van der Waals surface area contributed by atoms with E-state index in [0.29, 0.717) is 0 Å². The van der Waals surface area contributed by atoms with Crippen LogP contribution in [0.5, 0.6) is 0 Å². The van der Waals surface area contributed by atoms with Gasteiger partial charge in [0.25, 0.3) is 0 Å². The number of hydroxylamine groups is 1. The molecule has 3 N–H and O–H groups in total. The van der Waals surface area contributed by atoms with Gasteiger partial charge in [-0.3, -0.25) is 0 Å². The number of aliphatic imine (C=N–C) groups is 1. The molecule has 0 saturated heterocycles. The highest BCUT2D eigenvalue weighted by molar-refractivity contribution is 8.09. The van der Waals surface area contributed by atoms with Crippen molar-refractivity contribution in [2.75, 3.05) is 7.05 Å². The summed E-state index contributed by atoms with van der Waals surface area (Å²) in [5.74, 6) is 4.66. The molecule has 0 amide bonds. The van der Waals surface area contributed by atoms with Crippen LogP contribution in [0.25, 0.3) is 0 Å². The third kappa shape index (κ3) is 2.28. The smallest absolute Gasteiger partial charge is 0.347 e. The average molecular weight is 177 g/mol. The monoisotopic (exact) mass is 177 g/mol. The summed E-state index contributed by atoms with van der Waals surface area (Å²) in [6.45, 7) is 0. The average Bonchev–Trinajstić information content (AvgIpc) is 1.88. The molecular weight excluding hydrogens is 170 g/mol. The Morgan fingerprint density at radius 2 is 2.27 bits per heavy atom. The van der Waals surface area contributed by atoms with Gasteiger partial charge in [0.2, 0.25) is 0 Å². The third-order valence-corrected chi connectivity index (χ3v) is 2.03. The van der Waals surface area contributed by atoms with Crippen LogP contribution >= 0.6 is 0 Å². The maximum absolute atomic E-state index is 10.7. The SMILES string of the molecule is C#CS(=O)(=O)C(=NC)[NH+](N)[O-]. The maximum Gasteiger partial charge on any atom is 0.347 e. The van der Waals surface area contributed by atoms with Crippen LogP contribution in [0.1, 0.15) is 0 Å². The van der Waals surface area contributed by atoms with Crippen molar-refractivity contribution in [1.82, 2.24) is 0 Å². The molecule has 0 bridgehead atoms. The molecule has 0 aliphatic rings. The zero-order valence-corrected chi connectivity index (χ0v) is 6.55. The number of hydrogen-bond donors (Lipinski definition) is 2. The second-order valence-electron chi connectivity index (χ2n) is 1.51. The fourth-order valence-corrected chi connectivity index (χ4v) is 1.04. The van der Waals surface area contributed by atoms with E-state index in [1.165, 1.54) is 5.25 Å². The second kappa shape index (κ2) is 3.45. The van der Waals surface area contributed by atoms with Gasteiger partial charge in [-0.2, -0.15) is 5.84 Å². The van der Waals surface area contributed by atoms with Crippen LogP contribution in [0.4, 0.5) is 0 Å². The van der Waals surface area contributed by atoms with Crippen LogP contribution in [0.15, 0.2) is 4.99 Å². The van der Waals surface area contributed by atoms with Crippen LogP contribution in [0.2, 0.25) is 0 Å². The molecule has 1 unspecified atom stereocenters. The van der Waals surface area contributed by atoms with Crippen molar-refractivity contribution >= 4 is 15.0 Å². The van der Waals surface area contributed by atoms with Gasteiger partial charge in [0.1, 0.15) is 0 Å². The van der Waals surface area contributed by atoms with E-state index >= 15 is 0 Å². The fourth-order valence-electron chi connectivity index (χ4n) is 0.419. The zero-order chi connectivity index (χ0) is 9.07. The number of nitrogens with one attached hydrogen (secondary N) is 1. The van der Waals surface area contributed by atoms with Crippen LogP contribution in [-0.2, 0) is 9.84 Å². The number of nitrogens with zero attached hydrogens (tertiary/aromatic N) is 1. The van der Waals surface area contributed by atoms with Crippen molar-refractivity contribution in [3.63, 3.8) is 0 Å². The fraction of sp³-hybridized carbons (Fsp3) is 0.250. The first-order valence-corrected chi connectivity index (χ1v) is 3.93. The summed E-state index contributed by atoms with van der Waals surface area (Å²) >= 11 is 0. The van der Waals surface area contributed by atoms with Gasteiger partial charge in [-0.15, -0.1) is 6.42 Å². The van der Waals surface area contributed by atoms with Gasteiger partial charge in [0.15, 0.2) is 0 Å². The van der Waals surface area contributed by atoms with Gasteiger partial charge < -0.3 is 5.21 Å². The lowest BCUT2D eigenvalue weighted by Gasteiger charge is -2.12. The van der Waals surface area contributed by atoms with E-state index in [9.17, 15) is 13.6 Å². The predicted octanol–water partition coefficient (Wildman–Crippen LogP) is -2.77. The Morgan fingerprint density at radius 3 is 2.36 bits per heavy atom. The molecule has 7 heteroatoms. The molecule has 0 fully saturated rings. The Balaban J connectivity index is 5.04. The zero-order valence-electron chi connectivity index (χ0n) is 5.73.